The fourth-order valence-electron chi connectivity index (χ4n) is 3.64. The molecule has 1 aromatic heterocycles. The molecule has 2 aliphatic rings. The predicted molar refractivity (Wildman–Crippen MR) is 93.3 cm³/mol. The average Bonchev–Trinajstić information content (AvgIpc) is 2.67. The van der Waals surface area contributed by atoms with Crippen LogP contribution in [0.2, 0.25) is 0 Å². The van der Waals surface area contributed by atoms with Gasteiger partial charge >= 0.3 is 6.18 Å². The van der Waals surface area contributed by atoms with Crippen LogP contribution >= 0.6 is 0 Å². The molecule has 27 heavy (non-hydrogen) atoms. The molecule has 0 amide bonds. The SMILES string of the molecule is N#CC1CCC(S(=O)(=O)N2CCN(c3cc(C(F)(F)F)ccn3)CC2)CC1. The van der Waals surface area contributed by atoms with Gasteiger partial charge in [0.15, 0.2) is 0 Å². The van der Waals surface area contributed by atoms with E-state index >= 15 is 0 Å². The van der Waals surface area contributed by atoms with Crippen LogP contribution < -0.4 is 4.90 Å². The van der Waals surface area contributed by atoms with Crippen LogP contribution in [0.3, 0.4) is 0 Å². The normalized spacial score (nSPS) is 25.2. The lowest BCUT2D eigenvalue weighted by Crippen LogP contribution is -2.51. The van der Waals surface area contributed by atoms with E-state index in [-0.39, 0.29) is 24.8 Å². The van der Waals surface area contributed by atoms with Gasteiger partial charge in [-0.25, -0.2) is 13.4 Å². The molecule has 0 atom stereocenters. The maximum absolute atomic E-state index is 12.9. The van der Waals surface area contributed by atoms with E-state index in [0.29, 0.717) is 38.8 Å². The number of sulfonamides is 1. The summed E-state index contributed by atoms with van der Waals surface area (Å²) in [5, 5.41) is 8.47. The molecule has 1 aliphatic heterocycles. The van der Waals surface area contributed by atoms with E-state index in [1.54, 1.807) is 4.90 Å². The summed E-state index contributed by atoms with van der Waals surface area (Å²) in [6.07, 6.45) is -1.17. The van der Waals surface area contributed by atoms with Gasteiger partial charge in [0.25, 0.3) is 0 Å². The molecule has 1 saturated carbocycles. The molecule has 0 unspecified atom stereocenters. The van der Waals surface area contributed by atoms with Gasteiger partial charge in [-0.05, 0) is 37.8 Å². The second-order valence-corrected chi connectivity index (χ2v) is 9.15. The number of anilines is 1. The van der Waals surface area contributed by atoms with Gasteiger partial charge in [0, 0.05) is 38.3 Å². The topological polar surface area (TPSA) is 77.3 Å². The number of aromatic nitrogens is 1. The zero-order chi connectivity index (χ0) is 19.7. The summed E-state index contributed by atoms with van der Waals surface area (Å²) in [6.45, 7) is 1.03. The zero-order valence-electron chi connectivity index (χ0n) is 14.7. The lowest BCUT2D eigenvalue weighted by molar-refractivity contribution is -0.137. The molecule has 148 valence electrons. The summed E-state index contributed by atoms with van der Waals surface area (Å²) in [7, 11) is -3.46. The standard InChI is InChI=1S/C17H21F3N4O2S/c18-17(19,20)14-5-6-22-16(11-14)23-7-9-24(10-8-23)27(25,26)15-3-1-13(12-21)2-4-15/h5-6,11,13,15H,1-4,7-10H2. The maximum atomic E-state index is 12.9. The molecular formula is C17H21F3N4O2S. The van der Waals surface area contributed by atoms with Crippen molar-refractivity contribution in [3.8, 4) is 6.07 Å². The summed E-state index contributed by atoms with van der Waals surface area (Å²) in [5.41, 5.74) is -0.767. The molecule has 0 N–H and O–H groups in total. The Labute approximate surface area is 156 Å². The van der Waals surface area contributed by atoms with E-state index in [2.05, 4.69) is 11.1 Å². The van der Waals surface area contributed by atoms with Crippen molar-refractivity contribution in [1.29, 1.82) is 5.26 Å². The molecule has 0 bridgehead atoms. The number of nitrogens with zero attached hydrogens (tertiary/aromatic N) is 4. The Hall–Kier alpha value is -1.86. The van der Waals surface area contributed by atoms with Crippen molar-refractivity contribution in [2.75, 3.05) is 31.1 Å². The minimum absolute atomic E-state index is 0.0692. The van der Waals surface area contributed by atoms with Crippen LogP contribution in [0.4, 0.5) is 19.0 Å². The summed E-state index contributed by atoms with van der Waals surface area (Å²) >= 11 is 0. The van der Waals surface area contributed by atoms with Crippen molar-refractivity contribution in [2.45, 2.75) is 37.1 Å². The third-order valence-corrected chi connectivity index (χ3v) is 7.67. The lowest BCUT2D eigenvalue weighted by Gasteiger charge is -2.37. The van der Waals surface area contributed by atoms with Crippen LogP contribution in [0.5, 0.6) is 0 Å². The Morgan fingerprint density at radius 1 is 1.11 bits per heavy atom. The fourth-order valence-corrected chi connectivity index (χ4v) is 5.60. The number of pyridine rings is 1. The van der Waals surface area contributed by atoms with Crippen molar-refractivity contribution in [2.24, 2.45) is 5.92 Å². The van der Waals surface area contributed by atoms with Gasteiger partial charge in [0.05, 0.1) is 16.9 Å². The van der Waals surface area contributed by atoms with Crippen molar-refractivity contribution < 1.29 is 21.6 Å². The van der Waals surface area contributed by atoms with E-state index in [4.69, 9.17) is 5.26 Å². The molecule has 1 aromatic rings. The molecule has 2 fully saturated rings. The highest BCUT2D eigenvalue weighted by atomic mass is 32.2. The predicted octanol–water partition coefficient (Wildman–Crippen LogP) is 2.63. The van der Waals surface area contributed by atoms with Crippen molar-refractivity contribution in [3.05, 3.63) is 23.9 Å². The summed E-state index contributed by atoms with van der Waals surface area (Å²) in [4.78, 5) is 5.67. The van der Waals surface area contributed by atoms with E-state index in [9.17, 15) is 21.6 Å². The second-order valence-electron chi connectivity index (χ2n) is 6.93. The van der Waals surface area contributed by atoms with Crippen LogP contribution in [0.25, 0.3) is 0 Å². The molecule has 1 saturated heterocycles. The smallest absolute Gasteiger partial charge is 0.354 e. The number of halogens is 3. The number of rotatable bonds is 3. The second kappa shape index (κ2) is 7.64. The largest absolute Gasteiger partial charge is 0.416 e. The van der Waals surface area contributed by atoms with Gasteiger partial charge in [0.1, 0.15) is 5.82 Å². The van der Waals surface area contributed by atoms with Gasteiger partial charge in [-0.1, -0.05) is 0 Å². The molecule has 1 aliphatic carbocycles. The molecule has 10 heteroatoms. The Morgan fingerprint density at radius 2 is 1.74 bits per heavy atom. The average molecular weight is 402 g/mol. The van der Waals surface area contributed by atoms with Crippen LogP contribution in [0.15, 0.2) is 18.3 Å². The van der Waals surface area contributed by atoms with Crippen LogP contribution in [-0.4, -0.2) is 49.1 Å². The van der Waals surface area contributed by atoms with Gasteiger partial charge in [-0.3, -0.25) is 0 Å². The van der Waals surface area contributed by atoms with E-state index in [1.807, 2.05) is 0 Å². The van der Waals surface area contributed by atoms with Gasteiger partial charge in [0.2, 0.25) is 10.0 Å². The highest BCUT2D eigenvalue weighted by molar-refractivity contribution is 7.89. The highest BCUT2D eigenvalue weighted by Gasteiger charge is 2.37. The Kier molecular flexibility index (Phi) is 5.63. The lowest BCUT2D eigenvalue weighted by atomic mass is 9.90. The monoisotopic (exact) mass is 402 g/mol. The minimum Gasteiger partial charge on any atom is -0.354 e. The molecule has 0 radical (unpaired) electrons. The minimum atomic E-state index is -4.44. The number of hydrogen-bond acceptors (Lipinski definition) is 5. The Morgan fingerprint density at radius 3 is 2.30 bits per heavy atom. The van der Waals surface area contributed by atoms with Gasteiger partial charge < -0.3 is 4.90 Å². The van der Waals surface area contributed by atoms with E-state index in [0.717, 1.165) is 18.3 Å². The molecule has 2 heterocycles. The van der Waals surface area contributed by atoms with Crippen LogP contribution in [0, 0.1) is 17.2 Å². The molecule has 0 spiro atoms. The number of nitriles is 1. The van der Waals surface area contributed by atoms with Crippen molar-refractivity contribution >= 4 is 15.8 Å². The first kappa shape index (κ1) is 19.9. The van der Waals surface area contributed by atoms with E-state index in [1.165, 1.54) is 4.31 Å². The summed E-state index contributed by atoms with van der Waals surface area (Å²) in [6, 6.07) is 4.10. The van der Waals surface area contributed by atoms with Crippen LogP contribution in [-0.2, 0) is 16.2 Å². The first-order valence-electron chi connectivity index (χ1n) is 8.88. The number of alkyl halides is 3. The quantitative estimate of drug-likeness (QED) is 0.777. The Bertz CT molecular complexity index is 806. The molecule has 6 nitrogen and oxygen atoms in total. The highest BCUT2D eigenvalue weighted by Crippen LogP contribution is 2.32. The van der Waals surface area contributed by atoms with Gasteiger partial charge in [-0.2, -0.15) is 22.7 Å². The Balaban J connectivity index is 1.63. The number of hydrogen-bond donors (Lipinski definition) is 0. The van der Waals surface area contributed by atoms with Crippen molar-refractivity contribution in [1.82, 2.24) is 9.29 Å². The number of piperazine rings is 1. The first-order chi connectivity index (χ1) is 12.7. The molecule has 3 rings (SSSR count). The summed E-state index contributed by atoms with van der Waals surface area (Å²) in [5.74, 6) is 0.136. The van der Waals surface area contributed by atoms with E-state index < -0.39 is 27.0 Å². The third-order valence-electron chi connectivity index (χ3n) is 5.27. The first-order valence-corrected chi connectivity index (χ1v) is 10.4. The maximum Gasteiger partial charge on any atom is 0.416 e. The molecular weight excluding hydrogens is 381 g/mol. The van der Waals surface area contributed by atoms with Crippen molar-refractivity contribution in [3.63, 3.8) is 0 Å². The molecule has 0 aromatic carbocycles. The third kappa shape index (κ3) is 4.35. The fraction of sp³-hybridized carbons (Fsp3) is 0.647. The zero-order valence-corrected chi connectivity index (χ0v) is 15.5. The van der Waals surface area contributed by atoms with Crippen LogP contribution in [0.1, 0.15) is 31.2 Å². The van der Waals surface area contributed by atoms with Gasteiger partial charge in [-0.15, -0.1) is 0 Å². The summed E-state index contributed by atoms with van der Waals surface area (Å²) < 4.78 is 65.6.